The summed E-state index contributed by atoms with van der Waals surface area (Å²) < 4.78 is 49.7. The maximum absolute atomic E-state index is 13.1. The van der Waals surface area contributed by atoms with E-state index >= 15 is 0 Å². The minimum atomic E-state index is -4.25. The minimum Gasteiger partial charge on any atom is -0.497 e. The van der Waals surface area contributed by atoms with Crippen molar-refractivity contribution in [3.63, 3.8) is 0 Å². The largest absolute Gasteiger partial charge is 0.497 e. The molecule has 0 fully saturated rings. The Labute approximate surface area is 144 Å². The van der Waals surface area contributed by atoms with E-state index in [1.807, 2.05) is 0 Å². The molecule has 0 unspecified atom stereocenters. The smallest absolute Gasteiger partial charge is 0.324 e. The summed E-state index contributed by atoms with van der Waals surface area (Å²) in [7, 11) is -1.50. The van der Waals surface area contributed by atoms with Gasteiger partial charge in [0.25, 0.3) is 10.0 Å². The second-order valence-electron chi connectivity index (χ2n) is 4.90. The Kier molecular flexibility index (Phi) is 5.48. The third kappa shape index (κ3) is 4.00. The molecule has 0 aliphatic heterocycles. The summed E-state index contributed by atoms with van der Waals surface area (Å²) in [6.07, 6.45) is 0. The Morgan fingerprint density at radius 3 is 2.28 bits per heavy atom. The number of hydrogen-bond donors (Lipinski definition) is 1. The van der Waals surface area contributed by atoms with E-state index in [-0.39, 0.29) is 16.3 Å². The van der Waals surface area contributed by atoms with Gasteiger partial charge in [0.2, 0.25) is 0 Å². The number of rotatable bonds is 7. The van der Waals surface area contributed by atoms with Crippen LogP contribution < -0.4 is 13.8 Å². The Morgan fingerprint density at radius 2 is 1.76 bits per heavy atom. The SMILES string of the molecule is COc1ccc(N(CC(=O)O)S(=O)(=O)c2ccc(F)cc2)c(OC)c1. The van der Waals surface area contributed by atoms with Crippen LogP contribution in [0.1, 0.15) is 0 Å². The van der Waals surface area contributed by atoms with Gasteiger partial charge >= 0.3 is 5.97 Å². The lowest BCUT2D eigenvalue weighted by Gasteiger charge is -2.24. The molecule has 0 bridgehead atoms. The van der Waals surface area contributed by atoms with Crippen molar-refractivity contribution in [1.29, 1.82) is 0 Å². The molecular weight excluding hydrogens is 353 g/mol. The van der Waals surface area contributed by atoms with Crippen LogP contribution in [0.4, 0.5) is 10.1 Å². The summed E-state index contributed by atoms with van der Waals surface area (Å²) in [5.74, 6) is -1.43. The molecule has 0 amide bonds. The molecule has 0 saturated heterocycles. The highest BCUT2D eigenvalue weighted by Crippen LogP contribution is 2.35. The van der Waals surface area contributed by atoms with Gasteiger partial charge in [-0.15, -0.1) is 0 Å². The number of benzene rings is 2. The molecule has 2 aromatic carbocycles. The summed E-state index contributed by atoms with van der Waals surface area (Å²) in [5.41, 5.74) is 0.0232. The summed E-state index contributed by atoms with van der Waals surface area (Å²) in [4.78, 5) is 11.0. The van der Waals surface area contributed by atoms with E-state index in [1.54, 1.807) is 0 Å². The molecule has 0 heterocycles. The predicted molar refractivity (Wildman–Crippen MR) is 88.1 cm³/mol. The fourth-order valence-corrected chi connectivity index (χ4v) is 3.57. The standard InChI is InChI=1S/C16H16FNO6S/c1-23-12-5-8-14(15(9-12)24-2)18(10-16(19)20)25(21,22)13-6-3-11(17)4-7-13/h3-9H,10H2,1-2H3,(H,19,20). The summed E-state index contributed by atoms with van der Waals surface area (Å²) >= 11 is 0. The monoisotopic (exact) mass is 369 g/mol. The van der Waals surface area contributed by atoms with E-state index in [4.69, 9.17) is 14.6 Å². The molecule has 0 saturated carbocycles. The summed E-state index contributed by atoms with van der Waals surface area (Å²) in [5, 5.41) is 9.13. The predicted octanol–water partition coefficient (Wildman–Crippen LogP) is 2.12. The number of carbonyl (C=O) groups is 1. The fraction of sp³-hybridized carbons (Fsp3) is 0.188. The van der Waals surface area contributed by atoms with Crippen LogP contribution in [0.5, 0.6) is 11.5 Å². The fourth-order valence-electron chi connectivity index (χ4n) is 2.15. The van der Waals surface area contributed by atoms with Crippen molar-refractivity contribution in [2.24, 2.45) is 0 Å². The first-order chi connectivity index (χ1) is 11.8. The Bertz CT molecular complexity index is 867. The van der Waals surface area contributed by atoms with E-state index in [0.717, 1.165) is 24.3 Å². The molecule has 2 aromatic rings. The van der Waals surface area contributed by atoms with Crippen LogP contribution in [0.15, 0.2) is 47.4 Å². The van der Waals surface area contributed by atoms with Gasteiger partial charge in [-0.05, 0) is 36.4 Å². The van der Waals surface area contributed by atoms with Crippen LogP contribution in [-0.2, 0) is 14.8 Å². The molecule has 0 radical (unpaired) electrons. The molecule has 25 heavy (non-hydrogen) atoms. The third-order valence-corrected chi connectivity index (χ3v) is 5.11. The van der Waals surface area contributed by atoms with E-state index in [1.165, 1.54) is 32.4 Å². The van der Waals surface area contributed by atoms with Crippen LogP contribution in [0.25, 0.3) is 0 Å². The number of ether oxygens (including phenoxy) is 2. The van der Waals surface area contributed by atoms with Crippen LogP contribution >= 0.6 is 0 Å². The van der Waals surface area contributed by atoms with Gasteiger partial charge in [-0.25, -0.2) is 12.8 Å². The van der Waals surface area contributed by atoms with Gasteiger partial charge in [0.05, 0.1) is 24.8 Å². The first kappa shape index (κ1) is 18.5. The molecule has 7 nitrogen and oxygen atoms in total. The van der Waals surface area contributed by atoms with Gasteiger partial charge in [-0.2, -0.15) is 0 Å². The molecular formula is C16H16FNO6S. The van der Waals surface area contributed by atoms with Gasteiger partial charge in [-0.3, -0.25) is 9.10 Å². The van der Waals surface area contributed by atoms with E-state index < -0.39 is 28.4 Å². The number of hydrogen-bond acceptors (Lipinski definition) is 5. The lowest BCUT2D eigenvalue weighted by atomic mass is 10.2. The number of aliphatic carboxylic acids is 1. The maximum atomic E-state index is 13.1. The summed E-state index contributed by atoms with van der Waals surface area (Å²) in [6, 6.07) is 8.39. The molecule has 0 atom stereocenters. The van der Waals surface area contributed by atoms with Crippen molar-refractivity contribution in [3.05, 3.63) is 48.3 Å². The first-order valence-corrected chi connectivity index (χ1v) is 8.45. The Morgan fingerprint density at radius 1 is 1.12 bits per heavy atom. The second-order valence-corrected chi connectivity index (χ2v) is 6.76. The Hall–Kier alpha value is -2.81. The van der Waals surface area contributed by atoms with Gasteiger partial charge in [0, 0.05) is 6.07 Å². The first-order valence-electron chi connectivity index (χ1n) is 7.01. The quantitative estimate of drug-likeness (QED) is 0.804. The molecule has 1 N–H and O–H groups in total. The van der Waals surface area contributed by atoms with Gasteiger partial charge in [0.1, 0.15) is 23.9 Å². The van der Waals surface area contributed by atoms with Crippen LogP contribution in [0.3, 0.4) is 0 Å². The lowest BCUT2D eigenvalue weighted by molar-refractivity contribution is -0.135. The molecule has 0 aromatic heterocycles. The van der Waals surface area contributed by atoms with Crippen LogP contribution in [0.2, 0.25) is 0 Å². The highest BCUT2D eigenvalue weighted by Gasteiger charge is 2.29. The number of methoxy groups -OCH3 is 2. The zero-order valence-corrected chi connectivity index (χ0v) is 14.3. The average molecular weight is 369 g/mol. The minimum absolute atomic E-state index is 0.0232. The number of anilines is 1. The molecule has 0 aliphatic carbocycles. The number of halogens is 1. The van der Waals surface area contributed by atoms with Crippen molar-refractivity contribution in [2.45, 2.75) is 4.90 Å². The van der Waals surface area contributed by atoms with Crippen molar-refractivity contribution in [3.8, 4) is 11.5 Å². The molecule has 9 heteroatoms. The maximum Gasteiger partial charge on any atom is 0.324 e. The highest BCUT2D eigenvalue weighted by atomic mass is 32.2. The number of nitrogens with zero attached hydrogens (tertiary/aromatic N) is 1. The average Bonchev–Trinajstić information content (AvgIpc) is 2.59. The number of carboxylic acid groups (broad SMARTS) is 1. The van der Waals surface area contributed by atoms with Crippen LogP contribution in [0, 0.1) is 5.82 Å². The van der Waals surface area contributed by atoms with Crippen molar-refractivity contribution >= 4 is 21.7 Å². The number of carboxylic acids is 1. The van der Waals surface area contributed by atoms with Crippen molar-refractivity contribution < 1.29 is 32.2 Å². The Balaban J connectivity index is 2.60. The van der Waals surface area contributed by atoms with Gasteiger partial charge < -0.3 is 14.6 Å². The normalized spacial score (nSPS) is 11.0. The second kappa shape index (κ2) is 7.39. The molecule has 134 valence electrons. The zero-order valence-electron chi connectivity index (χ0n) is 13.5. The molecule has 2 rings (SSSR count). The van der Waals surface area contributed by atoms with Crippen LogP contribution in [-0.4, -0.2) is 40.3 Å². The highest BCUT2D eigenvalue weighted by molar-refractivity contribution is 7.92. The third-order valence-electron chi connectivity index (χ3n) is 3.34. The summed E-state index contributed by atoms with van der Waals surface area (Å²) in [6.45, 7) is -0.831. The van der Waals surface area contributed by atoms with Crippen molar-refractivity contribution in [2.75, 3.05) is 25.1 Å². The topological polar surface area (TPSA) is 93.1 Å². The van der Waals surface area contributed by atoms with E-state index in [0.29, 0.717) is 10.1 Å². The lowest BCUT2D eigenvalue weighted by Crippen LogP contribution is -2.36. The number of sulfonamides is 1. The zero-order chi connectivity index (χ0) is 18.6. The van der Waals surface area contributed by atoms with Gasteiger partial charge in [-0.1, -0.05) is 0 Å². The molecule has 0 spiro atoms. The molecule has 0 aliphatic rings. The van der Waals surface area contributed by atoms with Gasteiger partial charge in [0.15, 0.2) is 0 Å². The van der Waals surface area contributed by atoms with E-state index in [2.05, 4.69) is 0 Å². The van der Waals surface area contributed by atoms with E-state index in [9.17, 15) is 17.6 Å². The van der Waals surface area contributed by atoms with Crippen molar-refractivity contribution in [1.82, 2.24) is 0 Å².